The normalized spacial score (nSPS) is 21.6. The number of fused-ring (bicyclic) bond motifs is 1. The molecule has 0 fully saturated rings. The Balaban J connectivity index is 0.000000176. The van der Waals surface area contributed by atoms with Gasteiger partial charge in [0.1, 0.15) is 11.6 Å². The molecular weight excluding hydrogens is 666 g/mol. The van der Waals surface area contributed by atoms with Gasteiger partial charge in [0.2, 0.25) is 0 Å². The molecule has 0 spiro atoms. The van der Waals surface area contributed by atoms with E-state index in [9.17, 15) is 31.1 Å². The van der Waals surface area contributed by atoms with Gasteiger partial charge in [0.05, 0.1) is 0 Å². The number of nitrogens with two attached hydrogens (primary N) is 2. The van der Waals surface area contributed by atoms with Crippen LogP contribution in [0.4, 0.5) is 32.0 Å². The molecule has 4 aromatic rings. The zero-order valence-corrected chi connectivity index (χ0v) is 27.7. The number of hydrogen-bond donors (Lipinski definition) is 3. The van der Waals surface area contributed by atoms with E-state index in [0.717, 1.165) is 31.8 Å². The molecule has 5 N–H and O–H groups in total. The standard InChI is InChI=1S/C21H21F3N2.C19H17F3N2O/c22-18-9-20(24)19(23)8-17(18)16-6-5-13(7-21(16)25)10-26-11-14-3-1-2-4-15(14)12-26;20-15-10-17(22)16(21)9-14(15)13-7-6-11(8-18(13)23)19(25)24-12-4-2-1-3-5-12/h1-5,8-9,16,21H,6-7,10-12,25H2;1-6,9-10,13,18H,7-8,23H2,(H,24,25)/t16-,21+;13-,18+/m00/s1. The molecular formula is C40H38F6N4O. The molecule has 3 aliphatic rings. The van der Waals surface area contributed by atoms with E-state index in [4.69, 9.17) is 11.5 Å². The third-order valence-electron chi connectivity index (χ3n) is 9.80. The minimum absolute atomic E-state index is 0.0326. The third-order valence-corrected chi connectivity index (χ3v) is 9.80. The van der Waals surface area contributed by atoms with Crippen LogP contribution in [0.5, 0.6) is 0 Å². The Morgan fingerprint density at radius 2 is 1.14 bits per heavy atom. The smallest absolute Gasteiger partial charge is 0.251 e. The van der Waals surface area contributed by atoms with Gasteiger partial charge in [-0.2, -0.15) is 0 Å². The highest BCUT2D eigenvalue weighted by Crippen LogP contribution is 2.36. The first kappa shape index (κ1) is 36.1. The Kier molecular flexibility index (Phi) is 11.1. The van der Waals surface area contributed by atoms with Crippen LogP contribution in [0.3, 0.4) is 0 Å². The minimum Gasteiger partial charge on any atom is -0.327 e. The van der Waals surface area contributed by atoms with Crippen LogP contribution in [0.15, 0.2) is 102 Å². The lowest BCUT2D eigenvalue weighted by Crippen LogP contribution is -2.34. The van der Waals surface area contributed by atoms with Crippen LogP contribution in [0.2, 0.25) is 0 Å². The zero-order valence-electron chi connectivity index (χ0n) is 27.7. The summed E-state index contributed by atoms with van der Waals surface area (Å²) in [6.07, 6.45) is 5.43. The van der Waals surface area contributed by atoms with E-state index in [0.29, 0.717) is 36.2 Å². The number of amides is 1. The molecule has 0 saturated heterocycles. The van der Waals surface area contributed by atoms with Gasteiger partial charge in [-0.25, -0.2) is 26.3 Å². The fraction of sp³-hybridized carbons (Fsp3) is 0.275. The maximum atomic E-state index is 14.1. The fourth-order valence-corrected chi connectivity index (χ4v) is 7.13. The van der Waals surface area contributed by atoms with Gasteiger partial charge < -0.3 is 16.8 Å². The summed E-state index contributed by atoms with van der Waals surface area (Å²) in [6.45, 7) is 2.67. The molecule has 51 heavy (non-hydrogen) atoms. The number of para-hydroxylation sites is 1. The van der Waals surface area contributed by atoms with Gasteiger partial charge in [0.25, 0.3) is 5.91 Å². The van der Waals surface area contributed by atoms with Crippen molar-refractivity contribution in [1.29, 1.82) is 0 Å². The summed E-state index contributed by atoms with van der Waals surface area (Å²) in [5.41, 5.74) is 17.7. The number of nitrogens with one attached hydrogen (secondary N) is 1. The lowest BCUT2D eigenvalue weighted by molar-refractivity contribution is -0.113. The highest BCUT2D eigenvalue weighted by molar-refractivity contribution is 6.03. The molecule has 2 aliphatic carbocycles. The highest BCUT2D eigenvalue weighted by atomic mass is 19.2. The lowest BCUT2D eigenvalue weighted by Gasteiger charge is -2.31. The molecule has 266 valence electrons. The second-order valence-corrected chi connectivity index (χ2v) is 13.3. The van der Waals surface area contributed by atoms with Crippen LogP contribution < -0.4 is 16.8 Å². The molecule has 11 heteroatoms. The minimum atomic E-state index is -1.23. The molecule has 1 aliphatic heterocycles. The van der Waals surface area contributed by atoms with E-state index >= 15 is 0 Å². The van der Waals surface area contributed by atoms with Crippen LogP contribution in [0, 0.1) is 34.9 Å². The first-order chi connectivity index (χ1) is 24.5. The van der Waals surface area contributed by atoms with E-state index in [-0.39, 0.29) is 41.8 Å². The Morgan fingerprint density at radius 1 is 0.647 bits per heavy atom. The van der Waals surface area contributed by atoms with Gasteiger partial charge in [-0.1, -0.05) is 60.2 Å². The summed E-state index contributed by atoms with van der Waals surface area (Å²) in [5, 5.41) is 2.77. The van der Waals surface area contributed by atoms with Gasteiger partial charge >= 0.3 is 0 Å². The summed E-state index contributed by atoms with van der Waals surface area (Å²) >= 11 is 0. The Hall–Kier alpha value is -4.71. The van der Waals surface area contributed by atoms with Crippen LogP contribution in [-0.4, -0.2) is 29.4 Å². The molecule has 0 saturated carbocycles. The van der Waals surface area contributed by atoms with E-state index in [1.54, 1.807) is 30.3 Å². The summed E-state index contributed by atoms with van der Waals surface area (Å²) in [7, 11) is 0. The Labute approximate surface area is 292 Å². The molecule has 0 radical (unpaired) electrons. The van der Waals surface area contributed by atoms with Crippen molar-refractivity contribution in [2.45, 2.75) is 62.7 Å². The van der Waals surface area contributed by atoms with Crippen LogP contribution in [0.25, 0.3) is 0 Å². The number of nitrogens with zero attached hydrogens (tertiary/aromatic N) is 1. The number of allylic oxidation sites excluding steroid dienone is 2. The van der Waals surface area contributed by atoms with Crippen molar-refractivity contribution in [1.82, 2.24) is 4.90 Å². The molecule has 7 rings (SSSR count). The van der Waals surface area contributed by atoms with E-state index in [2.05, 4.69) is 40.6 Å². The van der Waals surface area contributed by atoms with Gasteiger partial charge in [-0.05, 0) is 72.2 Å². The number of anilines is 1. The molecule has 0 aromatic heterocycles. The topological polar surface area (TPSA) is 84.4 Å². The number of benzene rings is 4. The lowest BCUT2D eigenvalue weighted by atomic mass is 9.80. The number of carbonyl (C=O) groups is 1. The predicted octanol–water partition coefficient (Wildman–Crippen LogP) is 8.12. The second-order valence-electron chi connectivity index (χ2n) is 13.3. The molecule has 1 heterocycles. The van der Waals surface area contributed by atoms with E-state index in [1.165, 1.54) is 16.7 Å². The second kappa shape index (κ2) is 15.7. The summed E-state index contributed by atoms with van der Waals surface area (Å²) in [4.78, 5) is 14.7. The van der Waals surface area contributed by atoms with E-state index in [1.807, 2.05) is 6.07 Å². The molecule has 0 unspecified atom stereocenters. The molecule has 1 amide bonds. The first-order valence-electron chi connectivity index (χ1n) is 16.8. The fourth-order valence-electron chi connectivity index (χ4n) is 7.13. The van der Waals surface area contributed by atoms with Crippen molar-refractivity contribution in [2.24, 2.45) is 11.5 Å². The van der Waals surface area contributed by atoms with Crippen LogP contribution in [-0.2, 0) is 17.9 Å². The molecule has 0 bridgehead atoms. The number of hydrogen-bond acceptors (Lipinski definition) is 4. The SMILES string of the molecule is N[C@@H]1CC(C(=O)Nc2ccccc2)=CC[C@H]1c1cc(F)c(F)cc1F.N[C@@H]1CC(CN2Cc3ccccc3C2)=CC[C@H]1c1cc(F)c(F)cc1F. The van der Waals surface area contributed by atoms with Gasteiger partial charge in [-0.3, -0.25) is 9.69 Å². The van der Waals surface area contributed by atoms with Crippen molar-refractivity contribution in [3.05, 3.63) is 159 Å². The molecule has 4 atom stereocenters. The Morgan fingerprint density at radius 3 is 1.67 bits per heavy atom. The average molecular weight is 705 g/mol. The molecule has 4 aromatic carbocycles. The van der Waals surface area contributed by atoms with Gasteiger partial charge in [-0.15, -0.1) is 0 Å². The summed E-state index contributed by atoms with van der Waals surface area (Å²) in [5.74, 6) is -7.21. The first-order valence-corrected chi connectivity index (χ1v) is 16.8. The largest absolute Gasteiger partial charge is 0.327 e. The maximum absolute atomic E-state index is 14.1. The zero-order chi connectivity index (χ0) is 36.2. The molecule has 5 nitrogen and oxygen atoms in total. The van der Waals surface area contributed by atoms with Crippen molar-refractivity contribution >= 4 is 11.6 Å². The summed E-state index contributed by atoms with van der Waals surface area (Å²) in [6, 6.07) is 19.4. The number of rotatable bonds is 6. The van der Waals surface area contributed by atoms with Crippen molar-refractivity contribution in [3.8, 4) is 0 Å². The highest BCUT2D eigenvalue weighted by Gasteiger charge is 2.31. The van der Waals surface area contributed by atoms with Crippen LogP contribution in [0.1, 0.15) is 59.8 Å². The van der Waals surface area contributed by atoms with Gasteiger partial charge in [0, 0.05) is 66.9 Å². The predicted molar refractivity (Wildman–Crippen MR) is 184 cm³/mol. The van der Waals surface area contributed by atoms with Crippen molar-refractivity contribution < 1.29 is 31.1 Å². The third kappa shape index (κ3) is 8.44. The quantitative estimate of drug-likeness (QED) is 0.108. The monoisotopic (exact) mass is 704 g/mol. The van der Waals surface area contributed by atoms with Crippen molar-refractivity contribution in [2.75, 3.05) is 11.9 Å². The summed E-state index contributed by atoms with van der Waals surface area (Å²) < 4.78 is 81.2. The number of carbonyl (C=O) groups excluding carboxylic acids is 1. The van der Waals surface area contributed by atoms with Gasteiger partial charge in [0.15, 0.2) is 23.3 Å². The Bertz CT molecular complexity index is 1940. The maximum Gasteiger partial charge on any atom is 0.251 e. The van der Waals surface area contributed by atoms with Crippen molar-refractivity contribution in [3.63, 3.8) is 0 Å². The van der Waals surface area contributed by atoms with E-state index < -0.39 is 46.9 Å². The average Bonchev–Trinajstić information content (AvgIpc) is 3.51. The van der Waals surface area contributed by atoms with Crippen LogP contribution >= 0.6 is 0 Å². The number of halogens is 6.